The second-order valence-electron chi connectivity index (χ2n) is 6.67. The van der Waals surface area contributed by atoms with Gasteiger partial charge in [0.15, 0.2) is 0 Å². The van der Waals surface area contributed by atoms with E-state index in [1.54, 1.807) is 0 Å². The Bertz CT molecular complexity index is 751. The standard InChI is InChI=1S/C24H25NO2/c1-19(18-23(26)27-2)25-24(20-12-6-3-7-13-20,21-14-8-4-9-15-21)22-16-10-5-11-17-22/h3-17,19,25H,18H2,1-2H3/t19-/m1/s1. The monoisotopic (exact) mass is 359 g/mol. The Morgan fingerprint density at radius 2 is 1.19 bits per heavy atom. The number of ether oxygens (including phenoxy) is 1. The molecule has 1 N–H and O–H groups in total. The molecule has 0 saturated carbocycles. The van der Waals surface area contributed by atoms with Gasteiger partial charge in [-0.15, -0.1) is 0 Å². The Kier molecular flexibility index (Phi) is 6.05. The number of carbonyl (C=O) groups excluding carboxylic acids is 1. The number of hydrogen-bond acceptors (Lipinski definition) is 3. The van der Waals surface area contributed by atoms with E-state index >= 15 is 0 Å². The molecule has 27 heavy (non-hydrogen) atoms. The topological polar surface area (TPSA) is 38.3 Å². The highest BCUT2D eigenvalue weighted by atomic mass is 16.5. The second kappa shape index (κ2) is 8.65. The third-order valence-corrected chi connectivity index (χ3v) is 4.78. The fourth-order valence-electron chi connectivity index (χ4n) is 3.57. The zero-order chi connectivity index (χ0) is 19.1. The zero-order valence-electron chi connectivity index (χ0n) is 15.8. The van der Waals surface area contributed by atoms with Crippen molar-refractivity contribution in [3.8, 4) is 0 Å². The predicted octanol–water partition coefficient (Wildman–Crippen LogP) is 4.52. The van der Waals surface area contributed by atoms with Crippen molar-refractivity contribution in [2.45, 2.75) is 24.9 Å². The summed E-state index contributed by atoms with van der Waals surface area (Å²) in [4.78, 5) is 11.9. The minimum atomic E-state index is -0.572. The van der Waals surface area contributed by atoms with Crippen LogP contribution in [-0.4, -0.2) is 19.1 Å². The van der Waals surface area contributed by atoms with Gasteiger partial charge in [-0.2, -0.15) is 0 Å². The van der Waals surface area contributed by atoms with Gasteiger partial charge in [0.2, 0.25) is 0 Å². The highest BCUT2D eigenvalue weighted by Crippen LogP contribution is 2.37. The Morgan fingerprint density at radius 3 is 1.52 bits per heavy atom. The smallest absolute Gasteiger partial charge is 0.307 e. The van der Waals surface area contributed by atoms with Crippen molar-refractivity contribution in [1.29, 1.82) is 0 Å². The van der Waals surface area contributed by atoms with Crippen molar-refractivity contribution < 1.29 is 9.53 Å². The Hall–Kier alpha value is -2.91. The zero-order valence-corrected chi connectivity index (χ0v) is 15.8. The second-order valence-corrected chi connectivity index (χ2v) is 6.67. The van der Waals surface area contributed by atoms with Gasteiger partial charge >= 0.3 is 5.97 Å². The van der Waals surface area contributed by atoms with Crippen LogP contribution >= 0.6 is 0 Å². The van der Waals surface area contributed by atoms with Gasteiger partial charge in [0, 0.05) is 6.04 Å². The normalized spacial score (nSPS) is 12.4. The molecule has 0 bridgehead atoms. The molecule has 3 nitrogen and oxygen atoms in total. The van der Waals surface area contributed by atoms with Crippen LogP contribution in [0.3, 0.4) is 0 Å². The fraction of sp³-hybridized carbons (Fsp3) is 0.208. The molecule has 3 aromatic rings. The van der Waals surface area contributed by atoms with Crippen LogP contribution < -0.4 is 5.32 Å². The maximum absolute atomic E-state index is 11.9. The molecular weight excluding hydrogens is 334 g/mol. The van der Waals surface area contributed by atoms with Gasteiger partial charge in [0.05, 0.1) is 19.1 Å². The van der Waals surface area contributed by atoms with Gasteiger partial charge in [0.25, 0.3) is 0 Å². The molecule has 0 amide bonds. The van der Waals surface area contributed by atoms with E-state index < -0.39 is 5.54 Å². The number of rotatable bonds is 7. The summed E-state index contributed by atoms with van der Waals surface area (Å²) in [5.74, 6) is -0.224. The summed E-state index contributed by atoms with van der Waals surface area (Å²) in [6, 6.07) is 31.0. The van der Waals surface area contributed by atoms with Crippen molar-refractivity contribution in [3.05, 3.63) is 108 Å². The molecule has 138 valence electrons. The first-order chi connectivity index (χ1) is 13.2. The third kappa shape index (κ3) is 4.09. The van der Waals surface area contributed by atoms with Crippen molar-refractivity contribution in [1.82, 2.24) is 5.32 Å². The lowest BCUT2D eigenvalue weighted by molar-refractivity contribution is -0.141. The van der Waals surface area contributed by atoms with Crippen LogP contribution in [0, 0.1) is 0 Å². The van der Waals surface area contributed by atoms with Crippen LogP contribution in [0.2, 0.25) is 0 Å². The maximum Gasteiger partial charge on any atom is 0.307 e. The summed E-state index contributed by atoms with van der Waals surface area (Å²) < 4.78 is 4.87. The maximum atomic E-state index is 11.9. The summed E-state index contributed by atoms with van der Waals surface area (Å²) in [5.41, 5.74) is 2.80. The molecule has 0 radical (unpaired) electrons. The lowest BCUT2D eigenvalue weighted by Gasteiger charge is -2.39. The average Bonchev–Trinajstić information content (AvgIpc) is 2.74. The number of esters is 1. The SMILES string of the molecule is COC(=O)C[C@@H](C)NC(c1ccccc1)(c1ccccc1)c1ccccc1. The van der Waals surface area contributed by atoms with Crippen molar-refractivity contribution in [3.63, 3.8) is 0 Å². The summed E-state index contributed by atoms with van der Waals surface area (Å²) in [6.45, 7) is 2.01. The fourth-order valence-corrected chi connectivity index (χ4v) is 3.57. The largest absolute Gasteiger partial charge is 0.469 e. The van der Waals surface area contributed by atoms with Gasteiger partial charge in [-0.05, 0) is 23.6 Å². The molecule has 0 aliphatic carbocycles. The molecule has 3 rings (SSSR count). The minimum absolute atomic E-state index is 0.0851. The third-order valence-electron chi connectivity index (χ3n) is 4.78. The Balaban J connectivity index is 2.18. The van der Waals surface area contributed by atoms with Gasteiger partial charge in [0.1, 0.15) is 0 Å². The first-order valence-electron chi connectivity index (χ1n) is 9.18. The Morgan fingerprint density at radius 1 is 0.815 bits per heavy atom. The van der Waals surface area contributed by atoms with Gasteiger partial charge in [-0.1, -0.05) is 91.0 Å². The van der Waals surface area contributed by atoms with Crippen molar-refractivity contribution >= 4 is 5.97 Å². The summed E-state index contributed by atoms with van der Waals surface area (Å²) in [7, 11) is 1.42. The van der Waals surface area contributed by atoms with Gasteiger partial charge in [-0.3, -0.25) is 10.1 Å². The molecular formula is C24H25NO2. The number of nitrogens with one attached hydrogen (secondary N) is 1. The number of benzene rings is 3. The van der Waals surface area contributed by atoms with Crippen molar-refractivity contribution in [2.75, 3.05) is 7.11 Å². The van der Waals surface area contributed by atoms with E-state index in [0.717, 1.165) is 16.7 Å². The summed E-state index contributed by atoms with van der Waals surface area (Å²) >= 11 is 0. The van der Waals surface area contributed by atoms with Crippen LogP contribution in [0.15, 0.2) is 91.0 Å². The lowest BCUT2D eigenvalue weighted by Crippen LogP contribution is -2.49. The van der Waals surface area contributed by atoms with E-state index in [1.165, 1.54) is 7.11 Å². The molecule has 0 aromatic heterocycles. The van der Waals surface area contributed by atoms with Crippen LogP contribution in [-0.2, 0) is 15.1 Å². The molecule has 3 aromatic carbocycles. The molecule has 0 aliphatic heterocycles. The molecule has 0 saturated heterocycles. The molecule has 0 spiro atoms. The predicted molar refractivity (Wildman–Crippen MR) is 108 cm³/mol. The van der Waals surface area contributed by atoms with E-state index in [1.807, 2.05) is 61.5 Å². The van der Waals surface area contributed by atoms with Crippen molar-refractivity contribution in [2.24, 2.45) is 0 Å². The van der Waals surface area contributed by atoms with E-state index in [0.29, 0.717) is 6.42 Å². The first kappa shape index (κ1) is 18.9. The quantitative estimate of drug-likeness (QED) is 0.498. The van der Waals surface area contributed by atoms with Gasteiger partial charge in [-0.25, -0.2) is 0 Å². The van der Waals surface area contributed by atoms with E-state index in [4.69, 9.17) is 4.74 Å². The van der Waals surface area contributed by atoms with Crippen LogP contribution in [0.4, 0.5) is 0 Å². The summed E-state index contributed by atoms with van der Waals surface area (Å²) in [5, 5.41) is 3.74. The number of methoxy groups -OCH3 is 1. The van der Waals surface area contributed by atoms with E-state index in [2.05, 4.69) is 41.7 Å². The molecule has 0 unspecified atom stereocenters. The Labute approximate surface area is 161 Å². The van der Waals surface area contributed by atoms with Crippen LogP contribution in [0.25, 0.3) is 0 Å². The lowest BCUT2D eigenvalue weighted by atomic mass is 9.76. The minimum Gasteiger partial charge on any atom is -0.469 e. The molecule has 0 heterocycles. The highest BCUT2D eigenvalue weighted by molar-refractivity contribution is 5.70. The van der Waals surface area contributed by atoms with Crippen LogP contribution in [0.5, 0.6) is 0 Å². The molecule has 3 heteroatoms. The number of hydrogen-bond donors (Lipinski definition) is 1. The molecule has 0 fully saturated rings. The highest BCUT2D eigenvalue weighted by Gasteiger charge is 2.37. The molecule has 1 atom stereocenters. The van der Waals surface area contributed by atoms with E-state index in [9.17, 15) is 4.79 Å². The molecule has 0 aliphatic rings. The summed E-state index contributed by atoms with van der Waals surface area (Å²) in [6.07, 6.45) is 0.296. The first-order valence-corrected chi connectivity index (χ1v) is 9.18. The average molecular weight is 359 g/mol. The van der Waals surface area contributed by atoms with Crippen LogP contribution in [0.1, 0.15) is 30.0 Å². The van der Waals surface area contributed by atoms with E-state index in [-0.39, 0.29) is 12.0 Å². The number of carbonyl (C=O) groups is 1. The van der Waals surface area contributed by atoms with Gasteiger partial charge < -0.3 is 4.74 Å².